The van der Waals surface area contributed by atoms with Crippen molar-refractivity contribution in [3.8, 4) is 5.75 Å². The predicted molar refractivity (Wildman–Crippen MR) is 145 cm³/mol. The van der Waals surface area contributed by atoms with E-state index < -0.39 is 0 Å². The molecule has 2 N–H and O–H groups in total. The van der Waals surface area contributed by atoms with Gasteiger partial charge in [0.2, 0.25) is 0 Å². The van der Waals surface area contributed by atoms with Gasteiger partial charge in [0.15, 0.2) is 0 Å². The molecule has 33 heavy (non-hydrogen) atoms. The van der Waals surface area contributed by atoms with Crippen LogP contribution in [-0.2, 0) is 6.54 Å². The van der Waals surface area contributed by atoms with Gasteiger partial charge in [0.05, 0.1) is 11.2 Å². The summed E-state index contributed by atoms with van der Waals surface area (Å²) in [7, 11) is 0. The Morgan fingerprint density at radius 1 is 1.06 bits per heavy atom. The monoisotopic (exact) mass is 509 g/mol. The molecule has 4 rings (SSSR count). The highest BCUT2D eigenvalue weighted by atomic mass is 35.5. The zero-order valence-electron chi connectivity index (χ0n) is 19.5. The van der Waals surface area contributed by atoms with Gasteiger partial charge >= 0.3 is 0 Å². The molecule has 0 spiro atoms. The van der Waals surface area contributed by atoms with Gasteiger partial charge in [0.1, 0.15) is 5.75 Å². The number of hydrogen-bond acceptors (Lipinski definition) is 4. The van der Waals surface area contributed by atoms with Crippen LogP contribution < -0.4 is 5.32 Å². The molecule has 180 valence electrons. The van der Waals surface area contributed by atoms with Crippen LogP contribution in [0.1, 0.15) is 62.3 Å². The first-order valence-corrected chi connectivity index (χ1v) is 11.8. The van der Waals surface area contributed by atoms with E-state index in [1.54, 1.807) is 6.07 Å². The Balaban J connectivity index is 0.00000193. The summed E-state index contributed by atoms with van der Waals surface area (Å²) >= 11 is 6.27. The minimum atomic E-state index is 0. The summed E-state index contributed by atoms with van der Waals surface area (Å²) in [6.07, 6.45) is 4.96. The number of nitrogens with one attached hydrogen (secondary N) is 1. The summed E-state index contributed by atoms with van der Waals surface area (Å²) in [6, 6.07) is 11.8. The van der Waals surface area contributed by atoms with Crippen molar-refractivity contribution in [2.24, 2.45) is 0 Å². The molecule has 0 amide bonds. The number of hydrogen-bond donors (Lipinski definition) is 2. The van der Waals surface area contributed by atoms with Gasteiger partial charge in [-0.15, -0.1) is 24.8 Å². The second-order valence-electron chi connectivity index (χ2n) is 8.56. The first kappa shape index (κ1) is 27.5. The van der Waals surface area contributed by atoms with Gasteiger partial charge in [-0.2, -0.15) is 0 Å². The Morgan fingerprint density at radius 3 is 2.42 bits per heavy atom. The molecular weight excluding hydrogens is 477 g/mol. The van der Waals surface area contributed by atoms with Crippen LogP contribution in [0.25, 0.3) is 10.9 Å². The van der Waals surface area contributed by atoms with Gasteiger partial charge in [0, 0.05) is 39.5 Å². The highest BCUT2D eigenvalue weighted by molar-refractivity contribution is 6.31. The molecule has 0 bridgehead atoms. The molecule has 2 aromatic carbocycles. The highest BCUT2D eigenvalue weighted by Gasteiger charge is 2.24. The smallest absolute Gasteiger partial charge is 0.120 e. The van der Waals surface area contributed by atoms with Gasteiger partial charge in [-0.25, -0.2) is 0 Å². The van der Waals surface area contributed by atoms with Crippen molar-refractivity contribution >= 4 is 58.7 Å². The number of nitrogens with zero attached hydrogens (tertiary/aromatic N) is 2. The molecule has 0 aliphatic heterocycles. The fraction of sp³-hybridized carbons (Fsp3) is 0.423. The molecule has 1 heterocycles. The lowest BCUT2D eigenvalue weighted by atomic mass is 9.92. The number of phenols is 1. The maximum atomic E-state index is 10.4. The number of rotatable bonds is 7. The Kier molecular flexibility index (Phi) is 10.1. The molecule has 0 atom stereocenters. The lowest BCUT2D eigenvalue weighted by molar-refractivity contribution is 0.291. The Hall–Kier alpha value is -1.72. The minimum absolute atomic E-state index is 0. The molecule has 0 radical (unpaired) electrons. The number of fused-ring (bicyclic) bond motifs is 1. The van der Waals surface area contributed by atoms with E-state index in [9.17, 15) is 5.11 Å². The molecule has 1 aromatic heterocycles. The standard InChI is InChI=1S/C26H32ClN3O.2ClH/c1-4-30(5-2)16-19-14-21(11-13-24(19)31)29-26-22-12-10-20(27)15-23(22)28-17(3)25(26)18-8-6-7-9-18;;/h10-15,18,31H,4-9,16H2,1-3H3,(H,28,29);2*1H. The van der Waals surface area contributed by atoms with Crippen LogP contribution in [-0.4, -0.2) is 28.1 Å². The fourth-order valence-electron chi connectivity index (χ4n) is 4.85. The summed E-state index contributed by atoms with van der Waals surface area (Å²) in [4.78, 5) is 7.21. The van der Waals surface area contributed by atoms with Crippen molar-refractivity contribution < 1.29 is 5.11 Å². The van der Waals surface area contributed by atoms with E-state index in [4.69, 9.17) is 16.6 Å². The summed E-state index contributed by atoms with van der Waals surface area (Å²) in [5.41, 5.74) is 6.37. The summed E-state index contributed by atoms with van der Waals surface area (Å²) in [6.45, 7) is 9.04. The van der Waals surface area contributed by atoms with Crippen LogP contribution in [0, 0.1) is 6.92 Å². The highest BCUT2D eigenvalue weighted by Crippen LogP contribution is 2.43. The van der Waals surface area contributed by atoms with Crippen molar-refractivity contribution in [2.75, 3.05) is 18.4 Å². The summed E-state index contributed by atoms with van der Waals surface area (Å²) < 4.78 is 0. The van der Waals surface area contributed by atoms with E-state index in [1.807, 2.05) is 18.2 Å². The van der Waals surface area contributed by atoms with Crippen LogP contribution >= 0.6 is 36.4 Å². The first-order valence-electron chi connectivity index (χ1n) is 11.4. The van der Waals surface area contributed by atoms with Gasteiger partial charge in [0.25, 0.3) is 0 Å². The van der Waals surface area contributed by atoms with Crippen molar-refractivity contribution in [1.82, 2.24) is 9.88 Å². The number of phenolic OH excluding ortho intramolecular Hbond substituents is 1. The first-order chi connectivity index (χ1) is 15.0. The lowest BCUT2D eigenvalue weighted by Gasteiger charge is -2.23. The normalized spacial score (nSPS) is 13.7. The molecule has 1 saturated carbocycles. The molecule has 7 heteroatoms. The third-order valence-electron chi connectivity index (χ3n) is 6.58. The zero-order chi connectivity index (χ0) is 22.0. The third kappa shape index (κ3) is 6.05. The van der Waals surface area contributed by atoms with E-state index in [0.717, 1.165) is 53.2 Å². The van der Waals surface area contributed by atoms with Gasteiger partial charge < -0.3 is 10.4 Å². The largest absolute Gasteiger partial charge is 0.508 e. The van der Waals surface area contributed by atoms with Crippen molar-refractivity contribution in [1.29, 1.82) is 0 Å². The molecule has 4 nitrogen and oxygen atoms in total. The van der Waals surface area contributed by atoms with Gasteiger partial charge in [-0.1, -0.05) is 38.3 Å². The van der Waals surface area contributed by atoms with E-state index in [0.29, 0.717) is 16.7 Å². The fourth-order valence-corrected chi connectivity index (χ4v) is 5.01. The number of anilines is 2. The average Bonchev–Trinajstić information content (AvgIpc) is 3.28. The van der Waals surface area contributed by atoms with Crippen LogP contribution in [0.15, 0.2) is 36.4 Å². The topological polar surface area (TPSA) is 48.4 Å². The van der Waals surface area contributed by atoms with Crippen LogP contribution in [0.5, 0.6) is 5.75 Å². The molecule has 1 aliphatic rings. The summed E-state index contributed by atoms with van der Waals surface area (Å²) in [5.74, 6) is 0.873. The molecule has 1 aliphatic carbocycles. The van der Waals surface area contributed by atoms with Crippen molar-refractivity contribution in [3.63, 3.8) is 0 Å². The maximum absolute atomic E-state index is 10.4. The number of pyridine rings is 1. The van der Waals surface area contributed by atoms with Crippen molar-refractivity contribution in [2.45, 2.75) is 58.9 Å². The second kappa shape index (κ2) is 12.1. The number of aromatic hydroxyl groups is 1. The van der Waals surface area contributed by atoms with E-state index in [2.05, 4.69) is 43.1 Å². The number of halogens is 3. The van der Waals surface area contributed by atoms with Crippen LogP contribution in [0.3, 0.4) is 0 Å². The summed E-state index contributed by atoms with van der Waals surface area (Å²) in [5, 5.41) is 15.9. The number of aromatic nitrogens is 1. The van der Waals surface area contributed by atoms with E-state index >= 15 is 0 Å². The Labute approximate surface area is 214 Å². The van der Waals surface area contributed by atoms with Crippen LogP contribution in [0.4, 0.5) is 11.4 Å². The Morgan fingerprint density at radius 2 is 1.76 bits per heavy atom. The Bertz CT molecular complexity index is 1080. The molecule has 3 aromatic rings. The third-order valence-corrected chi connectivity index (χ3v) is 6.81. The minimum Gasteiger partial charge on any atom is -0.508 e. The zero-order valence-corrected chi connectivity index (χ0v) is 21.9. The molecule has 1 fully saturated rings. The maximum Gasteiger partial charge on any atom is 0.120 e. The number of benzene rings is 2. The number of aryl methyl sites for hydroxylation is 1. The lowest BCUT2D eigenvalue weighted by Crippen LogP contribution is -2.22. The SMILES string of the molecule is CCN(CC)Cc1cc(Nc2c(C3CCCC3)c(C)nc3cc(Cl)ccc23)ccc1O.Cl.Cl. The van der Waals surface area contributed by atoms with Gasteiger partial charge in [-0.3, -0.25) is 9.88 Å². The molecule has 0 unspecified atom stereocenters. The van der Waals surface area contributed by atoms with Gasteiger partial charge in [-0.05, 0) is 75.2 Å². The van der Waals surface area contributed by atoms with E-state index in [1.165, 1.54) is 31.2 Å². The predicted octanol–water partition coefficient (Wildman–Crippen LogP) is 7.99. The van der Waals surface area contributed by atoms with Crippen molar-refractivity contribution in [3.05, 3.63) is 58.2 Å². The molecular formula is C26H34Cl3N3O. The quantitative estimate of drug-likeness (QED) is 0.316. The van der Waals surface area contributed by atoms with E-state index in [-0.39, 0.29) is 24.8 Å². The van der Waals surface area contributed by atoms with Crippen LogP contribution in [0.2, 0.25) is 5.02 Å². The average molecular weight is 511 g/mol. The molecule has 0 saturated heterocycles. The second-order valence-corrected chi connectivity index (χ2v) is 9.00.